The summed E-state index contributed by atoms with van der Waals surface area (Å²) >= 11 is 11.9. The minimum absolute atomic E-state index is 0.0822. The van der Waals surface area contributed by atoms with Crippen molar-refractivity contribution in [2.45, 2.75) is 10.1 Å². The fraction of sp³-hybridized carbons (Fsp3) is 0. The average Bonchev–Trinajstić information content (AvgIpc) is 2.84. The van der Waals surface area contributed by atoms with Gasteiger partial charge in [-0.15, -0.1) is 0 Å². The highest BCUT2D eigenvalue weighted by molar-refractivity contribution is 7.91. The molecule has 2 N–H and O–H groups in total. The molecule has 0 amide bonds. The number of nitrogens with zero attached hydrogens (tertiary/aromatic N) is 1. The fourth-order valence-electron chi connectivity index (χ4n) is 1.88. The summed E-state index contributed by atoms with van der Waals surface area (Å²) < 4.78 is 24.8. The third-order valence-corrected chi connectivity index (χ3v) is 4.93. The van der Waals surface area contributed by atoms with Crippen molar-refractivity contribution in [3.05, 3.63) is 50.7 Å². The molecule has 1 aromatic carbocycles. The maximum Gasteiger partial charge on any atom is 0.264 e. The van der Waals surface area contributed by atoms with E-state index in [0.717, 1.165) is 12.1 Å². The van der Waals surface area contributed by atoms with Gasteiger partial charge in [0.2, 0.25) is 9.84 Å². The van der Waals surface area contributed by atoms with Crippen molar-refractivity contribution in [1.29, 1.82) is 0 Å². The monoisotopic (exact) mass is 343 g/mol. The molecular formula is C12H7Cl2N3O3S. The van der Waals surface area contributed by atoms with E-state index in [-0.39, 0.29) is 10.1 Å². The maximum absolute atomic E-state index is 12.4. The number of aromatic amines is 2. The summed E-state index contributed by atoms with van der Waals surface area (Å²) in [5, 5.41) is 6.55. The van der Waals surface area contributed by atoms with E-state index < -0.39 is 15.4 Å². The van der Waals surface area contributed by atoms with Crippen LogP contribution >= 0.6 is 23.2 Å². The summed E-state index contributed by atoms with van der Waals surface area (Å²) in [7, 11) is -3.89. The zero-order valence-corrected chi connectivity index (χ0v) is 12.6. The van der Waals surface area contributed by atoms with Crippen LogP contribution < -0.4 is 5.56 Å². The van der Waals surface area contributed by atoms with E-state index in [9.17, 15) is 13.2 Å². The van der Waals surface area contributed by atoms with Gasteiger partial charge in [0.05, 0.1) is 10.5 Å². The third kappa shape index (κ3) is 2.44. The molecule has 0 atom stereocenters. The molecule has 108 valence electrons. The molecule has 6 nitrogen and oxygen atoms in total. The van der Waals surface area contributed by atoms with Crippen molar-refractivity contribution in [3.63, 3.8) is 0 Å². The summed E-state index contributed by atoms with van der Waals surface area (Å²) in [5.74, 6) is 0. The van der Waals surface area contributed by atoms with Crippen LogP contribution in [0, 0.1) is 0 Å². The van der Waals surface area contributed by atoms with Gasteiger partial charge in [0.15, 0.2) is 5.03 Å². The number of sulfone groups is 1. The number of benzene rings is 1. The van der Waals surface area contributed by atoms with E-state index in [1.165, 1.54) is 12.1 Å². The Morgan fingerprint density at radius 1 is 1.10 bits per heavy atom. The lowest BCUT2D eigenvalue weighted by molar-refractivity contribution is 0.587. The molecule has 0 radical (unpaired) electrons. The molecule has 0 saturated heterocycles. The lowest BCUT2D eigenvalue weighted by Crippen LogP contribution is -2.12. The predicted molar refractivity (Wildman–Crippen MR) is 78.6 cm³/mol. The quantitative estimate of drug-likeness (QED) is 0.746. The highest BCUT2D eigenvalue weighted by Crippen LogP contribution is 2.30. The summed E-state index contributed by atoms with van der Waals surface area (Å²) in [5.41, 5.74) is -0.0236. The normalized spacial score (nSPS) is 11.9. The second-order valence-corrected chi connectivity index (χ2v) is 6.96. The molecule has 0 spiro atoms. The Morgan fingerprint density at radius 2 is 1.86 bits per heavy atom. The molecule has 21 heavy (non-hydrogen) atoms. The van der Waals surface area contributed by atoms with Crippen LogP contribution in [-0.4, -0.2) is 23.6 Å². The van der Waals surface area contributed by atoms with Crippen LogP contribution in [-0.2, 0) is 9.84 Å². The Balaban J connectivity index is 2.22. The zero-order valence-electron chi connectivity index (χ0n) is 10.2. The van der Waals surface area contributed by atoms with E-state index in [2.05, 4.69) is 15.2 Å². The van der Waals surface area contributed by atoms with E-state index >= 15 is 0 Å². The molecule has 0 unspecified atom stereocenters. The number of fused-ring (bicyclic) bond motifs is 1. The topological polar surface area (TPSA) is 95.7 Å². The Morgan fingerprint density at radius 3 is 2.52 bits per heavy atom. The first-order valence-electron chi connectivity index (χ1n) is 5.66. The number of rotatable bonds is 2. The van der Waals surface area contributed by atoms with Gasteiger partial charge in [-0.3, -0.25) is 4.79 Å². The summed E-state index contributed by atoms with van der Waals surface area (Å²) in [4.78, 5) is 13.7. The Hall–Kier alpha value is -1.83. The molecule has 2 heterocycles. The van der Waals surface area contributed by atoms with Gasteiger partial charge in [-0.2, -0.15) is 5.10 Å². The second-order valence-electron chi connectivity index (χ2n) is 4.25. The Labute approximate surface area is 128 Å². The van der Waals surface area contributed by atoms with E-state index in [0.29, 0.717) is 20.9 Å². The van der Waals surface area contributed by atoms with Gasteiger partial charge in [0, 0.05) is 16.5 Å². The molecule has 3 aromatic rings. The SMILES string of the molecule is O=c1ccc(S(=O)(=O)c2cc3cc(Cl)cc(Cl)c3[nH]2)n[nH]1. The first-order chi connectivity index (χ1) is 9.88. The first kappa shape index (κ1) is 14.1. The van der Waals surface area contributed by atoms with Crippen molar-refractivity contribution >= 4 is 43.9 Å². The lowest BCUT2D eigenvalue weighted by atomic mass is 10.2. The molecule has 0 fully saturated rings. The number of nitrogens with one attached hydrogen (secondary N) is 2. The van der Waals surface area contributed by atoms with E-state index in [1.807, 2.05) is 0 Å². The number of H-pyrrole nitrogens is 2. The number of aromatic nitrogens is 3. The summed E-state index contributed by atoms with van der Waals surface area (Å²) in [6, 6.07) is 6.74. The van der Waals surface area contributed by atoms with Crippen LogP contribution in [0.25, 0.3) is 10.9 Å². The molecule has 0 saturated carbocycles. The van der Waals surface area contributed by atoms with Crippen molar-refractivity contribution in [1.82, 2.24) is 15.2 Å². The van der Waals surface area contributed by atoms with Crippen molar-refractivity contribution < 1.29 is 8.42 Å². The molecule has 0 aliphatic carbocycles. The highest BCUT2D eigenvalue weighted by Gasteiger charge is 2.22. The third-order valence-electron chi connectivity index (χ3n) is 2.84. The standard InChI is InChI=1S/C12H7Cl2N3O3S/c13-7-3-6-4-11(15-12(6)8(14)5-7)21(19,20)10-2-1-9(18)16-17-10/h1-5,15H,(H,16,18). The van der Waals surface area contributed by atoms with E-state index in [1.54, 1.807) is 6.07 Å². The first-order valence-corrected chi connectivity index (χ1v) is 7.90. The minimum atomic E-state index is -3.89. The van der Waals surface area contributed by atoms with Crippen LogP contribution in [0.15, 0.2) is 45.2 Å². The van der Waals surface area contributed by atoms with Gasteiger partial charge < -0.3 is 4.98 Å². The lowest BCUT2D eigenvalue weighted by Gasteiger charge is -1.99. The van der Waals surface area contributed by atoms with Crippen molar-refractivity contribution in [2.24, 2.45) is 0 Å². The van der Waals surface area contributed by atoms with Crippen molar-refractivity contribution in [2.75, 3.05) is 0 Å². The number of halogens is 2. The summed E-state index contributed by atoms with van der Waals surface area (Å²) in [6.07, 6.45) is 0. The van der Waals surface area contributed by atoms with Crippen LogP contribution in [0.3, 0.4) is 0 Å². The van der Waals surface area contributed by atoms with Gasteiger partial charge in [-0.1, -0.05) is 23.2 Å². The maximum atomic E-state index is 12.4. The molecular weight excluding hydrogens is 337 g/mol. The van der Waals surface area contributed by atoms with Crippen LogP contribution in [0.1, 0.15) is 0 Å². The molecule has 0 aliphatic heterocycles. The van der Waals surface area contributed by atoms with Gasteiger partial charge in [0.25, 0.3) is 5.56 Å². The van der Waals surface area contributed by atoms with Gasteiger partial charge in [0.1, 0.15) is 5.03 Å². The highest BCUT2D eigenvalue weighted by atomic mass is 35.5. The van der Waals surface area contributed by atoms with Crippen LogP contribution in [0.2, 0.25) is 10.0 Å². The number of hydrogen-bond acceptors (Lipinski definition) is 4. The van der Waals surface area contributed by atoms with Gasteiger partial charge in [-0.05, 0) is 24.3 Å². The summed E-state index contributed by atoms with van der Waals surface area (Å²) in [6.45, 7) is 0. The fourth-order valence-corrected chi connectivity index (χ4v) is 3.59. The van der Waals surface area contributed by atoms with E-state index in [4.69, 9.17) is 23.2 Å². The zero-order chi connectivity index (χ0) is 15.2. The minimum Gasteiger partial charge on any atom is -0.344 e. The Bertz CT molecular complexity index is 988. The van der Waals surface area contributed by atoms with Crippen molar-refractivity contribution in [3.8, 4) is 0 Å². The smallest absolute Gasteiger partial charge is 0.264 e. The second kappa shape index (κ2) is 4.87. The molecule has 2 aromatic heterocycles. The van der Waals surface area contributed by atoms with Crippen LogP contribution in [0.4, 0.5) is 0 Å². The van der Waals surface area contributed by atoms with Gasteiger partial charge in [-0.25, -0.2) is 13.5 Å². The van der Waals surface area contributed by atoms with Gasteiger partial charge >= 0.3 is 0 Å². The number of hydrogen-bond donors (Lipinski definition) is 2. The van der Waals surface area contributed by atoms with Crippen LogP contribution in [0.5, 0.6) is 0 Å². The molecule has 9 heteroatoms. The average molecular weight is 344 g/mol. The Kier molecular flexibility index (Phi) is 3.27. The predicted octanol–water partition coefficient (Wildman–Crippen LogP) is 2.39. The molecule has 0 bridgehead atoms. The molecule has 0 aliphatic rings. The molecule has 3 rings (SSSR count). The largest absolute Gasteiger partial charge is 0.344 e.